The molecule has 0 unspecified atom stereocenters. The third-order valence-corrected chi connectivity index (χ3v) is 5.50. The Morgan fingerprint density at radius 2 is 1.88 bits per heavy atom. The van der Waals surface area contributed by atoms with Crippen LogP contribution in [0, 0.1) is 17.0 Å². The van der Waals surface area contributed by atoms with Crippen molar-refractivity contribution in [1.82, 2.24) is 20.3 Å². The van der Waals surface area contributed by atoms with E-state index in [2.05, 4.69) is 10.5 Å². The summed E-state index contributed by atoms with van der Waals surface area (Å²) in [6, 6.07) is 4.80. The van der Waals surface area contributed by atoms with Crippen LogP contribution in [-0.2, 0) is 4.79 Å². The van der Waals surface area contributed by atoms with Gasteiger partial charge in [-0.15, -0.1) is 0 Å². The molecule has 4 rings (SSSR count). The van der Waals surface area contributed by atoms with Gasteiger partial charge in [0.05, 0.1) is 16.1 Å². The summed E-state index contributed by atoms with van der Waals surface area (Å²) in [6.45, 7) is 1.92. The lowest BCUT2D eigenvalue weighted by molar-refractivity contribution is -0.384. The first kappa shape index (κ1) is 21.2. The molecule has 32 heavy (non-hydrogen) atoms. The molecule has 1 aromatic carbocycles. The summed E-state index contributed by atoms with van der Waals surface area (Å²) in [7, 11) is 0. The Labute approximate surface area is 181 Å². The molecule has 0 aliphatic carbocycles. The number of likely N-dealkylation sites (tertiary alicyclic amines) is 1. The van der Waals surface area contributed by atoms with Crippen molar-refractivity contribution >= 4 is 29.3 Å². The number of nitrogens with one attached hydrogen (secondary N) is 1. The van der Waals surface area contributed by atoms with Crippen molar-refractivity contribution in [2.24, 2.45) is 0 Å². The highest BCUT2D eigenvalue weighted by molar-refractivity contribution is 6.22. The molecule has 2 aromatic rings. The summed E-state index contributed by atoms with van der Waals surface area (Å²) in [5.41, 5.74) is -0.158. The van der Waals surface area contributed by atoms with Gasteiger partial charge in [0.2, 0.25) is 5.91 Å². The van der Waals surface area contributed by atoms with E-state index in [-0.39, 0.29) is 34.5 Å². The number of non-ortho nitro benzene ring substituents is 1. The summed E-state index contributed by atoms with van der Waals surface area (Å²) in [4.78, 5) is 62.5. The molecule has 1 N–H and O–H groups in total. The van der Waals surface area contributed by atoms with Crippen molar-refractivity contribution in [3.63, 3.8) is 0 Å². The monoisotopic (exact) mass is 441 g/mol. The van der Waals surface area contributed by atoms with Gasteiger partial charge < -0.3 is 14.7 Å². The molecule has 0 saturated carbocycles. The Morgan fingerprint density at radius 3 is 2.50 bits per heavy atom. The normalized spacial score (nSPS) is 16.3. The molecule has 1 aromatic heterocycles. The van der Waals surface area contributed by atoms with Crippen LogP contribution in [0.15, 0.2) is 28.8 Å². The average Bonchev–Trinajstić information content (AvgIpc) is 3.31. The van der Waals surface area contributed by atoms with E-state index in [4.69, 9.17) is 4.52 Å². The summed E-state index contributed by atoms with van der Waals surface area (Å²) >= 11 is 0. The number of imide groups is 1. The van der Waals surface area contributed by atoms with Gasteiger partial charge in [0.25, 0.3) is 23.4 Å². The molecule has 12 nitrogen and oxygen atoms in total. The molecule has 12 heteroatoms. The SMILES string of the molecule is Cc1cc(C(=O)NC2CCN(C(=O)CN3C(=O)c4ccc([N+](=O)[O-])cc4C3=O)CC2)no1. The molecule has 0 radical (unpaired) electrons. The second-order valence-electron chi connectivity index (χ2n) is 7.63. The van der Waals surface area contributed by atoms with Gasteiger partial charge >= 0.3 is 0 Å². The molecule has 0 atom stereocenters. The first-order valence-electron chi connectivity index (χ1n) is 9.91. The molecule has 2 aliphatic heterocycles. The highest BCUT2D eigenvalue weighted by atomic mass is 16.6. The smallest absolute Gasteiger partial charge is 0.273 e. The number of aryl methyl sites for hydroxylation is 1. The minimum Gasteiger partial charge on any atom is -0.361 e. The van der Waals surface area contributed by atoms with Crippen LogP contribution in [0.5, 0.6) is 0 Å². The van der Waals surface area contributed by atoms with Crippen LogP contribution in [0.3, 0.4) is 0 Å². The van der Waals surface area contributed by atoms with E-state index in [9.17, 15) is 29.3 Å². The topological polar surface area (TPSA) is 156 Å². The number of fused-ring (bicyclic) bond motifs is 1. The van der Waals surface area contributed by atoms with E-state index in [1.54, 1.807) is 6.92 Å². The summed E-state index contributed by atoms with van der Waals surface area (Å²) in [5, 5.41) is 17.4. The maximum absolute atomic E-state index is 12.7. The Bertz CT molecular complexity index is 1130. The first-order valence-corrected chi connectivity index (χ1v) is 9.91. The fourth-order valence-electron chi connectivity index (χ4n) is 3.78. The summed E-state index contributed by atoms with van der Waals surface area (Å²) < 4.78 is 4.89. The van der Waals surface area contributed by atoms with Crippen LogP contribution in [0.25, 0.3) is 0 Å². The van der Waals surface area contributed by atoms with Gasteiger partial charge in [-0.05, 0) is 25.8 Å². The zero-order chi connectivity index (χ0) is 23.0. The van der Waals surface area contributed by atoms with Gasteiger partial charge in [-0.2, -0.15) is 0 Å². The van der Waals surface area contributed by atoms with Crippen molar-refractivity contribution in [3.8, 4) is 0 Å². The number of nitro groups is 1. The Kier molecular flexibility index (Phi) is 5.43. The number of amides is 4. The molecule has 1 fully saturated rings. The van der Waals surface area contributed by atoms with E-state index in [1.165, 1.54) is 17.0 Å². The minimum absolute atomic E-state index is 0.0397. The van der Waals surface area contributed by atoms with Crippen LogP contribution < -0.4 is 5.32 Å². The Hall–Kier alpha value is -4.09. The van der Waals surface area contributed by atoms with Gasteiger partial charge in [-0.1, -0.05) is 5.16 Å². The van der Waals surface area contributed by atoms with Crippen molar-refractivity contribution in [2.75, 3.05) is 19.6 Å². The van der Waals surface area contributed by atoms with E-state index in [0.29, 0.717) is 31.7 Å². The second-order valence-corrected chi connectivity index (χ2v) is 7.63. The molecule has 1 saturated heterocycles. The number of nitrogens with zero attached hydrogens (tertiary/aromatic N) is 4. The average molecular weight is 441 g/mol. The first-order chi connectivity index (χ1) is 15.2. The predicted molar refractivity (Wildman–Crippen MR) is 107 cm³/mol. The quantitative estimate of drug-likeness (QED) is 0.408. The van der Waals surface area contributed by atoms with Crippen molar-refractivity contribution in [1.29, 1.82) is 0 Å². The van der Waals surface area contributed by atoms with Gasteiger partial charge in [0.15, 0.2) is 5.69 Å². The lowest BCUT2D eigenvalue weighted by Crippen LogP contribution is -2.49. The lowest BCUT2D eigenvalue weighted by Gasteiger charge is -2.33. The number of piperidine rings is 1. The van der Waals surface area contributed by atoms with E-state index >= 15 is 0 Å². The Morgan fingerprint density at radius 1 is 1.19 bits per heavy atom. The summed E-state index contributed by atoms with van der Waals surface area (Å²) in [6.07, 6.45) is 1.01. The number of hydrogen-bond donors (Lipinski definition) is 1. The maximum atomic E-state index is 12.7. The van der Waals surface area contributed by atoms with Crippen LogP contribution in [-0.4, -0.2) is 69.2 Å². The second kappa shape index (κ2) is 8.21. The molecule has 3 heterocycles. The lowest BCUT2D eigenvalue weighted by atomic mass is 10.0. The standard InChI is InChI=1S/C20H19N5O7/c1-11-8-16(22-32-11)18(27)21-12-4-6-23(7-5-12)17(26)10-24-19(28)14-3-2-13(25(30)31)9-15(14)20(24)29/h2-3,8-9,12H,4-7,10H2,1H3,(H,21,27). The van der Waals surface area contributed by atoms with Crippen LogP contribution >= 0.6 is 0 Å². The summed E-state index contributed by atoms with van der Waals surface area (Å²) in [5.74, 6) is -1.62. The van der Waals surface area contributed by atoms with Gasteiger partial charge in [0.1, 0.15) is 12.3 Å². The molecule has 0 bridgehead atoms. The number of carbonyl (C=O) groups is 4. The molecular weight excluding hydrogens is 422 g/mol. The number of aromatic nitrogens is 1. The maximum Gasteiger partial charge on any atom is 0.273 e. The number of rotatable bonds is 5. The van der Waals surface area contributed by atoms with Crippen molar-refractivity contribution < 1.29 is 28.6 Å². The van der Waals surface area contributed by atoms with Crippen LogP contribution in [0.4, 0.5) is 5.69 Å². The molecule has 0 spiro atoms. The fourth-order valence-corrected chi connectivity index (χ4v) is 3.78. The highest BCUT2D eigenvalue weighted by Crippen LogP contribution is 2.27. The molecule has 4 amide bonds. The van der Waals surface area contributed by atoms with Crippen molar-refractivity contribution in [3.05, 3.63) is 57.0 Å². The highest BCUT2D eigenvalue weighted by Gasteiger charge is 2.39. The number of benzene rings is 1. The fraction of sp³-hybridized carbons (Fsp3) is 0.350. The largest absolute Gasteiger partial charge is 0.361 e. The Balaban J connectivity index is 1.33. The van der Waals surface area contributed by atoms with Gasteiger partial charge in [0, 0.05) is 37.3 Å². The third kappa shape index (κ3) is 3.94. The predicted octanol–water partition coefficient (Wildman–Crippen LogP) is 0.908. The zero-order valence-corrected chi connectivity index (χ0v) is 17.1. The van der Waals surface area contributed by atoms with Crippen LogP contribution in [0.2, 0.25) is 0 Å². The molecular formula is C20H19N5O7. The third-order valence-electron chi connectivity index (χ3n) is 5.50. The molecule has 166 valence electrons. The van der Waals surface area contributed by atoms with Gasteiger partial charge in [-0.25, -0.2) is 0 Å². The van der Waals surface area contributed by atoms with Crippen LogP contribution in [0.1, 0.15) is 49.8 Å². The number of hydrogen-bond acceptors (Lipinski definition) is 8. The van der Waals surface area contributed by atoms with Crippen molar-refractivity contribution in [2.45, 2.75) is 25.8 Å². The number of nitro benzene ring substituents is 1. The zero-order valence-electron chi connectivity index (χ0n) is 17.1. The van der Waals surface area contributed by atoms with E-state index in [1.807, 2.05) is 0 Å². The minimum atomic E-state index is -0.730. The van der Waals surface area contributed by atoms with E-state index in [0.717, 1.165) is 17.0 Å². The number of carbonyl (C=O) groups excluding carboxylic acids is 4. The molecule has 2 aliphatic rings. The van der Waals surface area contributed by atoms with Gasteiger partial charge in [-0.3, -0.25) is 34.2 Å². The van der Waals surface area contributed by atoms with E-state index < -0.39 is 29.2 Å².